The molecule has 5 aromatic rings. The zero-order chi connectivity index (χ0) is 21.2. The van der Waals surface area contributed by atoms with Crippen LogP contribution in [0.2, 0.25) is 0 Å². The van der Waals surface area contributed by atoms with E-state index in [0.717, 1.165) is 44.9 Å². The van der Waals surface area contributed by atoms with E-state index in [4.69, 9.17) is 0 Å². The second kappa shape index (κ2) is 8.15. The Bertz CT molecular complexity index is 1270. The van der Waals surface area contributed by atoms with Gasteiger partial charge in [0.1, 0.15) is 0 Å². The number of hydrogen-bond donors (Lipinski definition) is 2. The van der Waals surface area contributed by atoms with Crippen LogP contribution in [-0.4, -0.2) is 20.8 Å². The number of benzene rings is 3. The molecule has 0 bridgehead atoms. The van der Waals surface area contributed by atoms with Gasteiger partial charge in [0, 0.05) is 52.9 Å². The minimum absolute atomic E-state index is 0.0442. The Morgan fingerprint density at radius 3 is 1.81 bits per heavy atom. The first-order valence-corrected chi connectivity index (χ1v) is 10.7. The van der Waals surface area contributed by atoms with Gasteiger partial charge in [0.15, 0.2) is 0 Å². The number of fused-ring (bicyclic) bond motifs is 2. The maximum atomic E-state index is 13.6. The van der Waals surface area contributed by atoms with E-state index < -0.39 is 0 Å². The molecule has 2 heterocycles. The standard InChI is InChI=1S/C27H25N3O/c1-2-19-9-11-20(12-10-19)27(31)30(17-21-5-3-7-25-23(21)13-15-28-25)18-22-6-4-8-26-24(22)14-16-29-26/h3-16,28-29H,2,17-18H2,1H3. The quantitative estimate of drug-likeness (QED) is 0.353. The van der Waals surface area contributed by atoms with Crippen LogP contribution < -0.4 is 0 Å². The number of rotatable bonds is 6. The van der Waals surface area contributed by atoms with Crippen molar-refractivity contribution >= 4 is 27.7 Å². The minimum Gasteiger partial charge on any atom is -0.361 e. The topological polar surface area (TPSA) is 51.9 Å². The predicted octanol–water partition coefficient (Wildman–Crippen LogP) is 6.05. The van der Waals surface area contributed by atoms with Gasteiger partial charge in [-0.1, -0.05) is 43.3 Å². The number of carbonyl (C=O) groups is 1. The molecule has 0 fully saturated rings. The molecule has 2 N–H and O–H groups in total. The summed E-state index contributed by atoms with van der Waals surface area (Å²) in [7, 11) is 0. The van der Waals surface area contributed by atoms with Crippen LogP contribution in [0.25, 0.3) is 21.8 Å². The molecule has 4 nitrogen and oxygen atoms in total. The van der Waals surface area contributed by atoms with E-state index in [1.54, 1.807) is 0 Å². The van der Waals surface area contributed by atoms with Crippen LogP contribution in [0, 0.1) is 0 Å². The van der Waals surface area contributed by atoms with Crippen molar-refractivity contribution < 1.29 is 4.79 Å². The van der Waals surface area contributed by atoms with Crippen molar-refractivity contribution in [3.63, 3.8) is 0 Å². The summed E-state index contributed by atoms with van der Waals surface area (Å²) in [5, 5.41) is 2.31. The number of carbonyl (C=O) groups excluding carboxylic acids is 1. The van der Waals surface area contributed by atoms with Crippen molar-refractivity contribution in [2.45, 2.75) is 26.4 Å². The van der Waals surface area contributed by atoms with Crippen molar-refractivity contribution in [1.82, 2.24) is 14.9 Å². The fourth-order valence-electron chi connectivity index (χ4n) is 4.25. The van der Waals surface area contributed by atoms with Crippen LogP contribution in [0.5, 0.6) is 0 Å². The highest BCUT2D eigenvalue weighted by Crippen LogP contribution is 2.24. The highest BCUT2D eigenvalue weighted by molar-refractivity contribution is 5.95. The molecule has 2 aromatic heterocycles. The summed E-state index contributed by atoms with van der Waals surface area (Å²) in [4.78, 5) is 22.1. The van der Waals surface area contributed by atoms with Gasteiger partial charge in [0.25, 0.3) is 5.91 Å². The van der Waals surface area contributed by atoms with Gasteiger partial charge in [-0.05, 0) is 59.5 Å². The lowest BCUT2D eigenvalue weighted by Crippen LogP contribution is -2.30. The van der Waals surface area contributed by atoms with E-state index >= 15 is 0 Å². The second-order valence-electron chi connectivity index (χ2n) is 7.92. The number of hydrogen-bond acceptors (Lipinski definition) is 1. The molecule has 31 heavy (non-hydrogen) atoms. The van der Waals surface area contributed by atoms with Gasteiger partial charge in [0.05, 0.1) is 0 Å². The minimum atomic E-state index is 0.0442. The van der Waals surface area contributed by atoms with E-state index in [1.807, 2.05) is 53.7 Å². The normalized spacial score (nSPS) is 11.3. The number of aromatic nitrogens is 2. The molecule has 0 radical (unpaired) electrons. The molecule has 5 rings (SSSR count). The summed E-state index contributed by atoms with van der Waals surface area (Å²) in [6, 6.07) is 24.6. The SMILES string of the molecule is CCc1ccc(C(=O)N(Cc2cccc3[nH]ccc23)Cc2cccc3[nH]ccc23)cc1. The van der Waals surface area contributed by atoms with E-state index in [1.165, 1.54) is 5.56 Å². The number of H-pyrrole nitrogens is 2. The fourth-order valence-corrected chi connectivity index (χ4v) is 4.25. The van der Waals surface area contributed by atoms with Crippen molar-refractivity contribution in [1.29, 1.82) is 0 Å². The van der Waals surface area contributed by atoms with Gasteiger partial charge in [0.2, 0.25) is 0 Å². The molecule has 0 atom stereocenters. The average molecular weight is 408 g/mol. The van der Waals surface area contributed by atoms with Crippen molar-refractivity contribution in [3.8, 4) is 0 Å². The Hall–Kier alpha value is -3.79. The summed E-state index contributed by atoms with van der Waals surface area (Å²) in [6.07, 6.45) is 4.86. The van der Waals surface area contributed by atoms with Crippen molar-refractivity contribution in [2.24, 2.45) is 0 Å². The highest BCUT2D eigenvalue weighted by Gasteiger charge is 2.19. The Labute approximate surface area is 181 Å². The van der Waals surface area contributed by atoms with Gasteiger partial charge in [-0.15, -0.1) is 0 Å². The molecule has 1 amide bonds. The first kappa shape index (κ1) is 19.2. The zero-order valence-electron chi connectivity index (χ0n) is 17.6. The third-order valence-electron chi connectivity index (χ3n) is 5.99. The number of amides is 1. The number of nitrogens with one attached hydrogen (secondary N) is 2. The summed E-state index contributed by atoms with van der Waals surface area (Å²) >= 11 is 0. The summed E-state index contributed by atoms with van der Waals surface area (Å²) in [6.45, 7) is 3.22. The molecule has 0 unspecified atom stereocenters. The number of nitrogens with zero attached hydrogens (tertiary/aromatic N) is 1. The lowest BCUT2D eigenvalue weighted by atomic mass is 10.1. The zero-order valence-corrected chi connectivity index (χ0v) is 17.6. The van der Waals surface area contributed by atoms with E-state index in [9.17, 15) is 4.79 Å². The highest BCUT2D eigenvalue weighted by atomic mass is 16.2. The smallest absolute Gasteiger partial charge is 0.254 e. The van der Waals surface area contributed by atoms with Gasteiger partial charge >= 0.3 is 0 Å². The summed E-state index contributed by atoms with van der Waals surface area (Å²) in [5.74, 6) is 0.0442. The molecule has 0 spiro atoms. The van der Waals surface area contributed by atoms with Crippen LogP contribution in [0.15, 0.2) is 85.2 Å². The first-order chi connectivity index (χ1) is 15.2. The third kappa shape index (κ3) is 3.73. The largest absolute Gasteiger partial charge is 0.361 e. The van der Waals surface area contributed by atoms with E-state index in [0.29, 0.717) is 13.1 Å². The lowest BCUT2D eigenvalue weighted by Gasteiger charge is -2.24. The summed E-state index contributed by atoms with van der Waals surface area (Å²) in [5.41, 5.74) is 6.41. The molecule has 4 heteroatoms. The fraction of sp³-hybridized carbons (Fsp3) is 0.148. The van der Waals surface area contributed by atoms with Crippen LogP contribution in [0.4, 0.5) is 0 Å². The molecular formula is C27H25N3O. The first-order valence-electron chi connectivity index (χ1n) is 10.7. The molecule has 154 valence electrons. The van der Waals surface area contributed by atoms with Crippen LogP contribution >= 0.6 is 0 Å². The number of aromatic amines is 2. The molecular weight excluding hydrogens is 382 g/mol. The van der Waals surface area contributed by atoms with Crippen LogP contribution in [0.3, 0.4) is 0 Å². The third-order valence-corrected chi connectivity index (χ3v) is 5.99. The Morgan fingerprint density at radius 1 is 0.742 bits per heavy atom. The monoisotopic (exact) mass is 407 g/mol. The van der Waals surface area contributed by atoms with Gasteiger partial charge in [-0.25, -0.2) is 0 Å². The van der Waals surface area contributed by atoms with E-state index in [-0.39, 0.29) is 5.91 Å². The lowest BCUT2D eigenvalue weighted by molar-refractivity contribution is 0.0731. The predicted molar refractivity (Wildman–Crippen MR) is 126 cm³/mol. The molecule has 0 aliphatic carbocycles. The molecule has 0 saturated heterocycles. The average Bonchev–Trinajstić information content (AvgIpc) is 3.48. The number of aryl methyl sites for hydroxylation is 1. The van der Waals surface area contributed by atoms with Crippen LogP contribution in [0.1, 0.15) is 34.0 Å². The van der Waals surface area contributed by atoms with Gasteiger partial charge in [-0.3, -0.25) is 4.79 Å². The molecule has 3 aromatic carbocycles. The molecule has 0 aliphatic rings. The van der Waals surface area contributed by atoms with Gasteiger partial charge < -0.3 is 14.9 Å². The summed E-state index contributed by atoms with van der Waals surface area (Å²) < 4.78 is 0. The Morgan fingerprint density at radius 2 is 1.29 bits per heavy atom. The maximum absolute atomic E-state index is 13.6. The van der Waals surface area contributed by atoms with Gasteiger partial charge in [-0.2, -0.15) is 0 Å². The van der Waals surface area contributed by atoms with Crippen LogP contribution in [-0.2, 0) is 19.5 Å². The Kier molecular flexibility index (Phi) is 5.04. The van der Waals surface area contributed by atoms with Crippen molar-refractivity contribution in [2.75, 3.05) is 0 Å². The van der Waals surface area contributed by atoms with E-state index in [2.05, 4.69) is 53.3 Å². The molecule has 0 aliphatic heterocycles. The maximum Gasteiger partial charge on any atom is 0.254 e. The van der Waals surface area contributed by atoms with Crippen molar-refractivity contribution in [3.05, 3.63) is 107 Å². The molecule has 0 saturated carbocycles. The Balaban J connectivity index is 1.53. The second-order valence-corrected chi connectivity index (χ2v) is 7.92.